The molecule has 0 saturated heterocycles. The number of aromatic amines is 1. The summed E-state index contributed by atoms with van der Waals surface area (Å²) in [5.41, 5.74) is 1.29. The van der Waals surface area contributed by atoms with Crippen LogP contribution in [0.5, 0.6) is 0 Å². The zero-order valence-corrected chi connectivity index (χ0v) is 19.4. The van der Waals surface area contributed by atoms with E-state index in [0.29, 0.717) is 24.8 Å². The van der Waals surface area contributed by atoms with Gasteiger partial charge >= 0.3 is 0 Å². The first kappa shape index (κ1) is 23.0. The Morgan fingerprint density at radius 3 is 2.58 bits per heavy atom. The third-order valence-corrected chi connectivity index (χ3v) is 6.73. The van der Waals surface area contributed by atoms with Crippen molar-refractivity contribution in [1.29, 1.82) is 0 Å². The van der Waals surface area contributed by atoms with Gasteiger partial charge < -0.3 is 9.88 Å². The van der Waals surface area contributed by atoms with Gasteiger partial charge in [-0.1, -0.05) is 26.8 Å². The molecule has 0 amide bonds. The summed E-state index contributed by atoms with van der Waals surface area (Å²) in [6.07, 6.45) is 4.70. The van der Waals surface area contributed by atoms with Crippen molar-refractivity contribution in [1.82, 2.24) is 20.2 Å². The van der Waals surface area contributed by atoms with E-state index in [2.05, 4.69) is 45.8 Å². The van der Waals surface area contributed by atoms with Crippen LogP contribution in [0.3, 0.4) is 0 Å². The summed E-state index contributed by atoms with van der Waals surface area (Å²) in [6, 6.07) is 5.62. The molecule has 0 aliphatic heterocycles. The molecule has 0 radical (unpaired) electrons. The zero-order chi connectivity index (χ0) is 23.8. The fourth-order valence-corrected chi connectivity index (χ4v) is 4.93. The standard InChI is InChI=1S/C25H29F2N5O/c1-5-32(21-12-28-13-22(33)29-21)14-25(4)10-9-16(15(2)3)17-11-20(30-31-24(17)25)23-18(26)7-6-8-19(23)27/h6-8,11-13,15-16H,5,9-10,14H2,1-4H3,(H,29,33)/t16-,25-/m1/s1. The zero-order valence-electron chi connectivity index (χ0n) is 19.4. The second-order valence-corrected chi connectivity index (χ2v) is 9.38. The Kier molecular flexibility index (Phi) is 6.28. The molecule has 0 unspecified atom stereocenters. The van der Waals surface area contributed by atoms with E-state index in [4.69, 9.17) is 0 Å². The molecule has 2 aromatic heterocycles. The van der Waals surface area contributed by atoms with Gasteiger partial charge in [0, 0.05) is 18.5 Å². The monoisotopic (exact) mass is 453 g/mol. The molecule has 0 fully saturated rings. The molecule has 1 aliphatic carbocycles. The Morgan fingerprint density at radius 2 is 1.94 bits per heavy atom. The maximum atomic E-state index is 14.5. The van der Waals surface area contributed by atoms with Crippen molar-refractivity contribution in [3.05, 3.63) is 69.9 Å². The predicted molar refractivity (Wildman–Crippen MR) is 124 cm³/mol. The molecule has 8 heteroatoms. The lowest BCUT2D eigenvalue weighted by molar-refractivity contribution is 0.315. The highest BCUT2D eigenvalue weighted by atomic mass is 19.1. The van der Waals surface area contributed by atoms with Crippen LogP contribution in [0.1, 0.15) is 57.7 Å². The number of hydrogen-bond acceptors (Lipinski definition) is 5. The largest absolute Gasteiger partial charge is 0.356 e. The van der Waals surface area contributed by atoms with Gasteiger partial charge in [-0.05, 0) is 55.4 Å². The average Bonchev–Trinajstić information content (AvgIpc) is 2.77. The molecule has 4 rings (SSSR count). The van der Waals surface area contributed by atoms with Gasteiger partial charge in [0.2, 0.25) is 0 Å². The number of rotatable bonds is 6. The van der Waals surface area contributed by atoms with Crippen molar-refractivity contribution >= 4 is 5.82 Å². The smallest absolute Gasteiger partial charge is 0.267 e. The molecule has 2 atom stereocenters. The number of nitrogens with zero attached hydrogens (tertiary/aromatic N) is 4. The van der Waals surface area contributed by atoms with Crippen molar-refractivity contribution in [3.8, 4) is 11.3 Å². The average molecular weight is 454 g/mol. The highest BCUT2D eigenvalue weighted by Crippen LogP contribution is 2.46. The molecular formula is C25H29F2N5O. The minimum atomic E-state index is -0.651. The SMILES string of the molecule is CCN(C[C@@]1(C)CC[C@H](C(C)C)c2cc(-c3c(F)cccc3F)nnc21)c1cncc(=O)[nH]1. The van der Waals surface area contributed by atoms with Crippen LogP contribution < -0.4 is 10.5 Å². The van der Waals surface area contributed by atoms with E-state index < -0.39 is 11.6 Å². The van der Waals surface area contributed by atoms with Crippen LogP contribution >= 0.6 is 0 Å². The fourth-order valence-electron chi connectivity index (χ4n) is 4.93. The van der Waals surface area contributed by atoms with Crippen LogP contribution in [-0.4, -0.2) is 33.3 Å². The highest BCUT2D eigenvalue weighted by molar-refractivity contribution is 5.62. The van der Waals surface area contributed by atoms with Gasteiger partial charge in [0.15, 0.2) is 0 Å². The van der Waals surface area contributed by atoms with Gasteiger partial charge in [-0.2, -0.15) is 10.2 Å². The van der Waals surface area contributed by atoms with E-state index in [1.165, 1.54) is 24.4 Å². The normalized spacial score (nSPS) is 20.0. The van der Waals surface area contributed by atoms with E-state index in [0.717, 1.165) is 24.1 Å². The van der Waals surface area contributed by atoms with Crippen molar-refractivity contribution in [2.45, 2.75) is 51.9 Å². The molecule has 6 nitrogen and oxygen atoms in total. The lowest BCUT2D eigenvalue weighted by Gasteiger charge is -2.42. The Hall–Kier alpha value is -3.16. The maximum Gasteiger partial charge on any atom is 0.267 e. The van der Waals surface area contributed by atoms with Crippen LogP contribution in [0, 0.1) is 17.6 Å². The van der Waals surface area contributed by atoms with Crippen molar-refractivity contribution < 1.29 is 8.78 Å². The predicted octanol–water partition coefficient (Wildman–Crippen LogP) is 4.82. The summed E-state index contributed by atoms with van der Waals surface area (Å²) in [5, 5.41) is 8.84. The summed E-state index contributed by atoms with van der Waals surface area (Å²) >= 11 is 0. The van der Waals surface area contributed by atoms with Gasteiger partial charge in [-0.15, -0.1) is 0 Å². The Bertz CT molecular complexity index is 1190. The molecule has 3 aromatic rings. The second kappa shape index (κ2) is 9.00. The molecular weight excluding hydrogens is 424 g/mol. The van der Waals surface area contributed by atoms with Crippen LogP contribution in [0.4, 0.5) is 14.6 Å². The van der Waals surface area contributed by atoms with Gasteiger partial charge in [0.25, 0.3) is 5.56 Å². The quantitative estimate of drug-likeness (QED) is 0.579. The number of hydrogen-bond donors (Lipinski definition) is 1. The highest BCUT2D eigenvalue weighted by Gasteiger charge is 2.40. The van der Waals surface area contributed by atoms with Crippen LogP contribution in [0.25, 0.3) is 11.3 Å². The number of nitrogens with one attached hydrogen (secondary N) is 1. The minimum Gasteiger partial charge on any atom is -0.356 e. The van der Waals surface area contributed by atoms with E-state index in [1.54, 1.807) is 6.20 Å². The Morgan fingerprint density at radius 1 is 1.21 bits per heavy atom. The molecule has 33 heavy (non-hydrogen) atoms. The summed E-state index contributed by atoms with van der Waals surface area (Å²) in [5.74, 6) is -0.0989. The lowest BCUT2D eigenvalue weighted by Crippen LogP contribution is -2.44. The fraction of sp³-hybridized carbons (Fsp3) is 0.440. The molecule has 2 heterocycles. The van der Waals surface area contributed by atoms with Crippen molar-refractivity contribution in [2.75, 3.05) is 18.0 Å². The molecule has 0 spiro atoms. The van der Waals surface area contributed by atoms with Crippen LogP contribution in [-0.2, 0) is 5.41 Å². The number of anilines is 1. The second-order valence-electron chi connectivity index (χ2n) is 9.38. The molecule has 1 aliphatic rings. The van der Waals surface area contributed by atoms with Crippen LogP contribution in [0.15, 0.2) is 41.5 Å². The van der Waals surface area contributed by atoms with Crippen LogP contribution in [0.2, 0.25) is 0 Å². The summed E-state index contributed by atoms with van der Waals surface area (Å²) in [7, 11) is 0. The topological polar surface area (TPSA) is 74.8 Å². The number of likely N-dealkylation sites (N-methyl/N-ethyl adjacent to an activating group) is 1. The third kappa shape index (κ3) is 4.38. The van der Waals surface area contributed by atoms with E-state index in [-0.39, 0.29) is 28.1 Å². The Labute approximate surface area is 192 Å². The molecule has 0 saturated carbocycles. The van der Waals surface area contributed by atoms with Crippen molar-refractivity contribution in [2.24, 2.45) is 5.92 Å². The molecule has 1 aromatic carbocycles. The molecule has 174 valence electrons. The summed E-state index contributed by atoms with van der Waals surface area (Å²) in [6.45, 7) is 9.74. The van der Waals surface area contributed by atoms with Gasteiger partial charge in [0.05, 0.1) is 29.3 Å². The summed E-state index contributed by atoms with van der Waals surface area (Å²) < 4.78 is 28.9. The third-order valence-electron chi connectivity index (χ3n) is 6.73. The first-order valence-electron chi connectivity index (χ1n) is 11.3. The number of benzene rings is 1. The summed E-state index contributed by atoms with van der Waals surface area (Å²) in [4.78, 5) is 20.7. The van der Waals surface area contributed by atoms with E-state index >= 15 is 0 Å². The Balaban J connectivity index is 1.79. The van der Waals surface area contributed by atoms with Gasteiger partial charge in [0.1, 0.15) is 17.5 Å². The number of halogens is 2. The first-order chi connectivity index (χ1) is 15.7. The molecule has 0 bridgehead atoms. The van der Waals surface area contributed by atoms with E-state index in [9.17, 15) is 13.6 Å². The minimum absolute atomic E-state index is 0.147. The van der Waals surface area contributed by atoms with Crippen molar-refractivity contribution in [3.63, 3.8) is 0 Å². The first-order valence-corrected chi connectivity index (χ1v) is 11.3. The lowest BCUT2D eigenvalue weighted by atomic mass is 9.67. The van der Waals surface area contributed by atoms with E-state index in [1.807, 2.05) is 13.0 Å². The van der Waals surface area contributed by atoms with Gasteiger partial charge in [-0.3, -0.25) is 9.78 Å². The number of H-pyrrole nitrogens is 1. The van der Waals surface area contributed by atoms with Gasteiger partial charge in [-0.25, -0.2) is 8.78 Å². The maximum absolute atomic E-state index is 14.5. The number of aromatic nitrogens is 4. The molecule has 1 N–H and O–H groups in total. The number of fused-ring (bicyclic) bond motifs is 1.